The average Bonchev–Trinajstić information content (AvgIpc) is 1.25. The zero-order valence-corrected chi connectivity index (χ0v) is 13.2. The summed E-state index contributed by atoms with van der Waals surface area (Å²) in [5.74, 6) is 0. The van der Waals surface area contributed by atoms with Gasteiger partial charge in [0.05, 0.1) is 0 Å². The molecule has 0 aliphatic carbocycles. The average molecular weight is 288 g/mol. The second-order valence-electron chi connectivity index (χ2n) is 0.435. The van der Waals surface area contributed by atoms with E-state index in [-0.39, 0.29) is 162 Å². The molecule has 0 atom stereocenters. The Bertz CT molecular complexity index is 79.5. The fourth-order valence-electron chi connectivity index (χ4n) is 0. The Hall–Kier alpha value is 5.41. The van der Waals surface area contributed by atoms with Crippen LogP contribution >= 0.6 is 0 Å². The fraction of sp³-hybridized carbons (Fsp3) is 0. The molecule has 0 spiro atoms. The molecule has 0 aromatic heterocycles. The van der Waals surface area contributed by atoms with Gasteiger partial charge in [0, 0.05) is 0 Å². The van der Waals surface area contributed by atoms with E-state index in [2.05, 4.69) is 0 Å². The first-order chi connectivity index (χ1) is 3.46. The molecule has 0 saturated heterocycles. The van der Waals surface area contributed by atoms with E-state index in [0.29, 0.717) is 0 Å². The van der Waals surface area contributed by atoms with Gasteiger partial charge in [0.15, 0.2) is 0 Å². The zero-order chi connectivity index (χ0) is 7.15. The molecule has 12 heteroatoms. The molecule has 0 unspecified atom stereocenters. The molecule has 2 N–H and O–H groups in total. The molecular formula is H4K2Na2O6S2. The Balaban J connectivity index is -0.0000000112. The van der Waals surface area contributed by atoms with Crippen LogP contribution in [0, 0.1) is 0 Å². The third-order valence-electron chi connectivity index (χ3n) is 0. The van der Waals surface area contributed by atoms with Crippen molar-refractivity contribution < 1.29 is 129 Å². The van der Waals surface area contributed by atoms with Crippen molar-refractivity contribution in [3.63, 3.8) is 0 Å². The summed E-state index contributed by atoms with van der Waals surface area (Å²) in [7, 11) is 0. The first-order valence-corrected chi connectivity index (χ1v) is 3.10. The first-order valence-electron chi connectivity index (χ1n) is 1.03. The summed E-state index contributed by atoms with van der Waals surface area (Å²) in [5.41, 5.74) is 0. The maximum absolute atomic E-state index is 8.67. The molecule has 0 saturated carbocycles. The van der Waals surface area contributed by atoms with Crippen molar-refractivity contribution in [1.82, 2.24) is 0 Å². The minimum absolute atomic E-state index is 0. The molecule has 0 heterocycles. The Labute approximate surface area is 205 Å². The van der Waals surface area contributed by atoms with Gasteiger partial charge < -0.3 is 9.11 Å². The summed E-state index contributed by atoms with van der Waals surface area (Å²) >= 11 is -5.72. The van der Waals surface area contributed by atoms with Crippen LogP contribution in [0.1, 0.15) is 0 Å². The summed E-state index contributed by atoms with van der Waals surface area (Å²) in [5, 5.41) is 0. The van der Waals surface area contributed by atoms with E-state index < -0.39 is 22.7 Å². The minimum atomic E-state index is -3.11. The van der Waals surface area contributed by atoms with Crippen molar-refractivity contribution in [2.24, 2.45) is 0 Å². The van der Waals surface area contributed by atoms with E-state index in [1.807, 2.05) is 0 Å². The molecule has 0 aliphatic rings. The number of hydrogen-bond donors (Lipinski definition) is 2. The molecule has 0 aromatic rings. The predicted octanol–water partition coefficient (Wildman–Crippen LogP) is -8.61. The van der Waals surface area contributed by atoms with E-state index >= 15 is 0 Å². The molecule has 6 nitrogen and oxygen atoms in total. The first kappa shape index (κ1) is 36.0. The molecule has 0 rings (SSSR count). The molecule has 0 amide bonds. The van der Waals surface area contributed by atoms with E-state index in [9.17, 15) is 0 Å². The Kier molecular flexibility index (Phi) is 89.8. The van der Waals surface area contributed by atoms with Gasteiger partial charge in [0.2, 0.25) is 0 Å². The molecule has 0 aromatic carbocycles. The number of rotatable bonds is 0. The van der Waals surface area contributed by atoms with Crippen LogP contribution < -0.4 is 103 Å². The van der Waals surface area contributed by atoms with Crippen molar-refractivity contribution >= 4 is 81.8 Å². The topological polar surface area (TPSA) is 121 Å². The van der Waals surface area contributed by atoms with Gasteiger partial charge in [-0.25, -0.2) is 0 Å². The second-order valence-corrected chi connectivity index (χ2v) is 1.30. The summed E-state index contributed by atoms with van der Waals surface area (Å²) in [6, 6.07) is 0. The van der Waals surface area contributed by atoms with Gasteiger partial charge in [-0.05, 0) is 0 Å². The van der Waals surface area contributed by atoms with E-state index in [4.69, 9.17) is 26.6 Å². The zero-order valence-electron chi connectivity index (χ0n) is 5.34. The van der Waals surface area contributed by atoms with Gasteiger partial charge in [0.1, 0.15) is 0 Å². The molecule has 0 aliphatic heterocycles. The van der Waals surface area contributed by atoms with Gasteiger partial charge in [-0.15, -0.1) is 11.4 Å². The standard InChI is InChI=1S/2K.2Na.2H2O3S.2H/c;;;;2*1-4(2)3;;/h;;;;2*(H2,1,2,3);;/q2*+1;;;;;;/p-2. The molecule has 56 valence electrons. The van der Waals surface area contributed by atoms with Gasteiger partial charge in [-0.1, -0.05) is 0 Å². The normalized spacial score (nSPS) is 5.83. The van der Waals surface area contributed by atoms with Crippen LogP contribution in [0.3, 0.4) is 0 Å². The summed E-state index contributed by atoms with van der Waals surface area (Å²) in [6.07, 6.45) is 0. The monoisotopic (exact) mass is 288 g/mol. The van der Waals surface area contributed by atoms with Crippen molar-refractivity contribution in [2.75, 3.05) is 0 Å². The van der Waals surface area contributed by atoms with Crippen LogP contribution in [0.5, 0.6) is 0 Å². The van der Waals surface area contributed by atoms with Crippen molar-refractivity contribution in [2.45, 2.75) is 0 Å². The molecular weight excluding hydrogens is 284 g/mol. The van der Waals surface area contributed by atoms with Crippen LogP contribution in [0.4, 0.5) is 0 Å². The van der Waals surface area contributed by atoms with Crippen LogP contribution in [0.25, 0.3) is 0 Å². The maximum atomic E-state index is 8.67. The SMILES string of the molecule is O=S(O)O.O=S([O-])[O-].[K+].[K+].[NaH].[NaH]. The third kappa shape index (κ3) is 109. The van der Waals surface area contributed by atoms with E-state index in [1.165, 1.54) is 0 Å². The van der Waals surface area contributed by atoms with Gasteiger partial charge in [-0.3, -0.25) is 13.3 Å². The molecule has 0 bridgehead atoms. The van der Waals surface area contributed by atoms with Crippen LogP contribution in [-0.4, -0.2) is 85.7 Å². The Morgan fingerprint density at radius 2 is 0.917 bits per heavy atom. The quantitative estimate of drug-likeness (QED) is 0.337. The van der Waals surface area contributed by atoms with Crippen LogP contribution in [0.15, 0.2) is 0 Å². The second kappa shape index (κ2) is 29.9. The number of hydrogen-bond acceptors (Lipinski definition) is 4. The van der Waals surface area contributed by atoms with Crippen LogP contribution in [-0.2, 0) is 22.7 Å². The van der Waals surface area contributed by atoms with E-state index in [0.717, 1.165) is 0 Å². The van der Waals surface area contributed by atoms with Gasteiger partial charge in [-0.2, -0.15) is 4.21 Å². The summed E-state index contributed by atoms with van der Waals surface area (Å²) < 4.78 is 48.2. The van der Waals surface area contributed by atoms with E-state index in [1.54, 1.807) is 0 Å². The molecule has 0 fully saturated rings. The van der Waals surface area contributed by atoms with Crippen LogP contribution in [0.2, 0.25) is 0 Å². The van der Waals surface area contributed by atoms with Crippen molar-refractivity contribution in [3.8, 4) is 0 Å². The summed E-state index contributed by atoms with van der Waals surface area (Å²) in [4.78, 5) is 0. The van der Waals surface area contributed by atoms with Crippen molar-refractivity contribution in [1.29, 1.82) is 0 Å². The van der Waals surface area contributed by atoms with Gasteiger partial charge >= 0.3 is 162 Å². The Morgan fingerprint density at radius 1 is 0.917 bits per heavy atom. The van der Waals surface area contributed by atoms with Gasteiger partial charge in [0.25, 0.3) is 11.4 Å². The fourth-order valence-corrected chi connectivity index (χ4v) is 0. The molecule has 0 radical (unpaired) electrons. The van der Waals surface area contributed by atoms with Crippen molar-refractivity contribution in [3.05, 3.63) is 0 Å². The predicted molar refractivity (Wildman–Crippen MR) is 37.4 cm³/mol. The Morgan fingerprint density at radius 3 is 0.917 bits per heavy atom. The third-order valence-corrected chi connectivity index (χ3v) is 0. The molecule has 12 heavy (non-hydrogen) atoms. The summed E-state index contributed by atoms with van der Waals surface area (Å²) in [6.45, 7) is 0.